The van der Waals surface area contributed by atoms with Gasteiger partial charge in [0.05, 0.1) is 17.5 Å². The van der Waals surface area contributed by atoms with Crippen molar-refractivity contribution in [1.82, 2.24) is 14.6 Å². The highest BCUT2D eigenvalue weighted by Gasteiger charge is 2.30. The molecule has 0 bridgehead atoms. The average molecular weight is 436 g/mol. The number of ketones is 1. The highest BCUT2D eigenvalue weighted by atomic mass is 19.4. The van der Waals surface area contributed by atoms with E-state index >= 15 is 0 Å². The summed E-state index contributed by atoms with van der Waals surface area (Å²) in [6.07, 6.45) is -0.133. The molecule has 0 saturated carbocycles. The van der Waals surface area contributed by atoms with Crippen molar-refractivity contribution in [2.24, 2.45) is 0 Å². The van der Waals surface area contributed by atoms with Gasteiger partial charge in [0.15, 0.2) is 11.4 Å². The molecular weight excluding hydrogens is 417 g/mol. The monoisotopic (exact) mass is 436 g/mol. The first kappa shape index (κ1) is 20.2. The maximum Gasteiger partial charge on any atom is 0.416 e. The van der Waals surface area contributed by atoms with Crippen LogP contribution in [0.15, 0.2) is 67.0 Å². The summed E-state index contributed by atoms with van der Waals surface area (Å²) in [5, 5.41) is 4.35. The van der Waals surface area contributed by atoms with Gasteiger partial charge in [-0.05, 0) is 23.8 Å². The van der Waals surface area contributed by atoms with Crippen LogP contribution >= 0.6 is 0 Å². The number of hydrogen-bond donors (Lipinski definition) is 0. The van der Waals surface area contributed by atoms with Gasteiger partial charge in [0.25, 0.3) is 0 Å². The highest BCUT2D eigenvalue weighted by Crippen LogP contribution is 2.30. The molecule has 32 heavy (non-hydrogen) atoms. The second-order valence-corrected chi connectivity index (χ2v) is 7.85. The zero-order valence-electron chi connectivity index (χ0n) is 17.0. The first-order valence-electron chi connectivity index (χ1n) is 10.2. The fraction of sp³-hybridized carbons (Fsp3) is 0.208. The second kappa shape index (κ2) is 7.78. The van der Waals surface area contributed by atoms with Crippen LogP contribution in [0.25, 0.3) is 5.65 Å². The molecule has 1 aliphatic rings. The van der Waals surface area contributed by atoms with Crippen LogP contribution in [0.5, 0.6) is 0 Å². The molecule has 5 nitrogen and oxygen atoms in total. The Hall–Kier alpha value is -3.68. The van der Waals surface area contributed by atoms with Gasteiger partial charge in [-0.25, -0.2) is 9.50 Å². The molecule has 8 heteroatoms. The third-order valence-electron chi connectivity index (χ3n) is 5.73. The molecule has 162 valence electrons. The number of halogens is 3. The Morgan fingerprint density at radius 2 is 1.91 bits per heavy atom. The predicted octanol–water partition coefficient (Wildman–Crippen LogP) is 4.74. The topological polar surface area (TPSA) is 50.5 Å². The minimum atomic E-state index is -4.43. The van der Waals surface area contributed by atoms with Crippen molar-refractivity contribution in [2.45, 2.75) is 25.6 Å². The highest BCUT2D eigenvalue weighted by molar-refractivity contribution is 5.98. The number of benzene rings is 2. The van der Waals surface area contributed by atoms with Crippen LogP contribution in [0.2, 0.25) is 0 Å². The van der Waals surface area contributed by atoms with Crippen molar-refractivity contribution >= 4 is 17.1 Å². The minimum Gasteiger partial charge on any atom is -0.367 e. The Bertz CT molecular complexity index is 1310. The molecular formula is C24H19F3N4O. The van der Waals surface area contributed by atoms with Gasteiger partial charge in [-0.2, -0.15) is 18.3 Å². The molecule has 0 saturated heterocycles. The molecule has 1 aliphatic heterocycles. The Balaban J connectivity index is 1.35. The summed E-state index contributed by atoms with van der Waals surface area (Å²) in [5.41, 5.74) is 4.00. The van der Waals surface area contributed by atoms with E-state index in [1.165, 1.54) is 6.07 Å². The van der Waals surface area contributed by atoms with Gasteiger partial charge >= 0.3 is 6.18 Å². The average Bonchev–Trinajstić information content (AvgIpc) is 3.28. The smallest absolute Gasteiger partial charge is 0.367 e. The number of rotatable bonds is 4. The van der Waals surface area contributed by atoms with E-state index in [2.05, 4.69) is 15.0 Å². The van der Waals surface area contributed by atoms with E-state index in [-0.39, 0.29) is 12.2 Å². The van der Waals surface area contributed by atoms with Gasteiger partial charge in [0.1, 0.15) is 0 Å². The number of fused-ring (bicyclic) bond motifs is 3. The van der Waals surface area contributed by atoms with Crippen LogP contribution in [-0.2, 0) is 25.6 Å². The number of carbonyl (C=O) groups is 1. The molecule has 2 aromatic carbocycles. The van der Waals surface area contributed by atoms with Gasteiger partial charge < -0.3 is 4.90 Å². The van der Waals surface area contributed by atoms with Crippen molar-refractivity contribution in [3.63, 3.8) is 0 Å². The fourth-order valence-electron chi connectivity index (χ4n) is 4.12. The van der Waals surface area contributed by atoms with E-state index in [1.54, 1.807) is 30.5 Å². The van der Waals surface area contributed by atoms with Crippen LogP contribution in [0.4, 0.5) is 18.9 Å². The number of aromatic nitrogens is 3. The molecule has 0 amide bonds. The molecule has 0 aliphatic carbocycles. The second-order valence-electron chi connectivity index (χ2n) is 7.85. The predicted molar refractivity (Wildman–Crippen MR) is 114 cm³/mol. The molecule has 0 atom stereocenters. The number of hydrogen-bond acceptors (Lipinski definition) is 4. The molecule has 0 N–H and O–H groups in total. The van der Waals surface area contributed by atoms with Crippen LogP contribution < -0.4 is 4.90 Å². The third kappa shape index (κ3) is 3.84. The fourth-order valence-corrected chi connectivity index (χ4v) is 4.12. The number of nitrogens with zero attached hydrogens (tertiary/aromatic N) is 4. The SMILES string of the molecule is O=C(Cc1cccc(C(F)(F)F)c1)c1cccc(N2CCc3c(cnc4ccnn34)C2)c1. The molecule has 0 radical (unpaired) electrons. The van der Waals surface area contributed by atoms with E-state index in [0.717, 1.165) is 47.7 Å². The summed E-state index contributed by atoms with van der Waals surface area (Å²) in [6.45, 7) is 1.40. The van der Waals surface area contributed by atoms with Crippen molar-refractivity contribution < 1.29 is 18.0 Å². The van der Waals surface area contributed by atoms with Gasteiger partial charge in [0, 0.05) is 55.0 Å². The van der Waals surface area contributed by atoms with Gasteiger partial charge in [-0.15, -0.1) is 0 Å². The van der Waals surface area contributed by atoms with Gasteiger partial charge in [-0.1, -0.05) is 30.3 Å². The Morgan fingerprint density at radius 3 is 2.75 bits per heavy atom. The molecule has 0 unspecified atom stereocenters. The van der Waals surface area contributed by atoms with Crippen molar-refractivity contribution in [2.75, 3.05) is 11.4 Å². The van der Waals surface area contributed by atoms with Gasteiger partial charge in [0.2, 0.25) is 0 Å². The number of carbonyl (C=O) groups excluding carboxylic acids is 1. The summed E-state index contributed by atoms with van der Waals surface area (Å²) in [7, 11) is 0. The lowest BCUT2D eigenvalue weighted by Crippen LogP contribution is -2.32. The van der Waals surface area contributed by atoms with Crippen molar-refractivity contribution in [1.29, 1.82) is 0 Å². The van der Waals surface area contributed by atoms with Crippen molar-refractivity contribution in [3.8, 4) is 0 Å². The molecule has 2 aromatic heterocycles. The molecule has 0 fully saturated rings. The van der Waals surface area contributed by atoms with Crippen LogP contribution in [-0.4, -0.2) is 26.9 Å². The standard InChI is InChI=1S/C24H19F3N4O/c25-24(26,27)19-5-1-3-16(11-19)12-22(32)17-4-2-6-20(13-17)30-10-8-21-18(15-30)14-28-23-7-9-29-31(21)23/h1-7,9,11,13-14H,8,10,12,15H2. The third-order valence-corrected chi connectivity index (χ3v) is 5.73. The van der Waals surface area contributed by atoms with Crippen LogP contribution in [0, 0.1) is 0 Å². The van der Waals surface area contributed by atoms with E-state index in [0.29, 0.717) is 17.7 Å². The summed E-state index contributed by atoms with van der Waals surface area (Å²) in [4.78, 5) is 19.4. The minimum absolute atomic E-state index is 0.0859. The summed E-state index contributed by atoms with van der Waals surface area (Å²) in [5.74, 6) is -0.219. The molecule has 0 spiro atoms. The first-order valence-corrected chi connectivity index (χ1v) is 10.2. The zero-order valence-corrected chi connectivity index (χ0v) is 17.0. The maximum absolute atomic E-state index is 13.0. The Morgan fingerprint density at radius 1 is 1.06 bits per heavy atom. The lowest BCUT2D eigenvalue weighted by Gasteiger charge is -2.30. The van der Waals surface area contributed by atoms with E-state index < -0.39 is 11.7 Å². The summed E-state index contributed by atoms with van der Waals surface area (Å²) < 4.78 is 40.7. The number of alkyl halides is 3. The molecule has 3 heterocycles. The number of Topliss-reactive ketones (excluding diaryl/α,β-unsaturated/α-hetero) is 1. The largest absolute Gasteiger partial charge is 0.416 e. The molecule has 5 rings (SSSR count). The van der Waals surface area contributed by atoms with Crippen LogP contribution in [0.1, 0.15) is 32.7 Å². The summed E-state index contributed by atoms with van der Waals surface area (Å²) >= 11 is 0. The molecule has 4 aromatic rings. The quantitative estimate of drug-likeness (QED) is 0.434. The lowest BCUT2D eigenvalue weighted by molar-refractivity contribution is -0.137. The first-order chi connectivity index (χ1) is 15.4. The van der Waals surface area contributed by atoms with E-state index in [9.17, 15) is 18.0 Å². The summed E-state index contributed by atoms with van der Waals surface area (Å²) in [6, 6.07) is 14.0. The van der Waals surface area contributed by atoms with Crippen LogP contribution in [0.3, 0.4) is 0 Å². The number of anilines is 1. The lowest BCUT2D eigenvalue weighted by atomic mass is 10.00. The van der Waals surface area contributed by atoms with E-state index in [4.69, 9.17) is 0 Å². The normalized spacial score (nSPS) is 13.9. The zero-order chi connectivity index (χ0) is 22.3. The van der Waals surface area contributed by atoms with Gasteiger partial charge in [-0.3, -0.25) is 4.79 Å². The Labute approximate surface area is 182 Å². The van der Waals surface area contributed by atoms with E-state index in [1.807, 2.05) is 22.8 Å². The maximum atomic E-state index is 13.0. The Kier molecular flexibility index (Phi) is 4.92. The van der Waals surface area contributed by atoms with Crippen molar-refractivity contribution in [3.05, 3.63) is 94.9 Å².